The normalized spacial score (nSPS) is 24.4. The van der Waals surface area contributed by atoms with Gasteiger partial charge in [0.25, 0.3) is 0 Å². The van der Waals surface area contributed by atoms with Gasteiger partial charge in [0.1, 0.15) is 5.82 Å². The summed E-state index contributed by atoms with van der Waals surface area (Å²) < 4.78 is 7.37. The molecule has 2 saturated heterocycles. The van der Waals surface area contributed by atoms with Crippen molar-refractivity contribution in [3.8, 4) is 0 Å². The van der Waals surface area contributed by atoms with Crippen molar-refractivity contribution in [3.63, 3.8) is 0 Å². The fraction of sp³-hybridized carbons (Fsp3) is 0.577. The van der Waals surface area contributed by atoms with E-state index < -0.39 is 6.10 Å². The number of benzene rings is 1. The van der Waals surface area contributed by atoms with Gasteiger partial charge in [0.05, 0.1) is 36.1 Å². The van der Waals surface area contributed by atoms with Gasteiger partial charge in [-0.3, -0.25) is 9.58 Å². The number of nitrogens with one attached hydrogen (secondary N) is 1. The van der Waals surface area contributed by atoms with Gasteiger partial charge in [0, 0.05) is 35.1 Å². The molecule has 2 aromatic heterocycles. The number of fused-ring (bicyclic) bond motifs is 1. The number of aryl methyl sites for hydroxylation is 1. The van der Waals surface area contributed by atoms with Crippen LogP contribution in [0.25, 0.3) is 10.9 Å². The molecule has 2 fully saturated rings. The predicted molar refractivity (Wildman–Crippen MR) is 139 cm³/mol. The van der Waals surface area contributed by atoms with Crippen LogP contribution in [0.15, 0.2) is 24.4 Å². The van der Waals surface area contributed by atoms with Gasteiger partial charge in [0.2, 0.25) is 5.95 Å². The first-order chi connectivity index (χ1) is 16.5. The first-order valence-corrected chi connectivity index (χ1v) is 12.7. The lowest BCUT2D eigenvalue weighted by atomic mass is 9.85. The Bertz CT molecular complexity index is 1230. The number of rotatable bonds is 4. The monoisotopic (exact) mass is 498 g/mol. The molecule has 2 aliphatic rings. The Kier molecular flexibility index (Phi) is 6.28. The molecular formula is C26H35ClN6O2. The van der Waals surface area contributed by atoms with E-state index in [0.717, 1.165) is 58.9 Å². The minimum atomic E-state index is -0.440. The van der Waals surface area contributed by atoms with E-state index in [0.29, 0.717) is 25.1 Å². The number of aromatic nitrogens is 4. The summed E-state index contributed by atoms with van der Waals surface area (Å²) in [5.74, 6) is 1.73. The van der Waals surface area contributed by atoms with Crippen molar-refractivity contribution in [1.29, 1.82) is 0 Å². The number of piperidine rings is 1. The Morgan fingerprint density at radius 3 is 2.57 bits per heavy atom. The number of halogens is 1. The lowest BCUT2D eigenvalue weighted by Gasteiger charge is -2.43. The Morgan fingerprint density at radius 2 is 1.94 bits per heavy atom. The average molecular weight is 499 g/mol. The third-order valence-corrected chi connectivity index (χ3v) is 7.96. The van der Waals surface area contributed by atoms with Gasteiger partial charge >= 0.3 is 0 Å². The van der Waals surface area contributed by atoms with Crippen molar-refractivity contribution in [3.05, 3.63) is 40.7 Å². The van der Waals surface area contributed by atoms with Gasteiger partial charge in [0.15, 0.2) is 0 Å². The largest absolute Gasteiger partial charge is 0.389 e. The van der Waals surface area contributed by atoms with Gasteiger partial charge in [-0.15, -0.1) is 0 Å². The smallest absolute Gasteiger partial charge is 0.228 e. The maximum Gasteiger partial charge on any atom is 0.228 e. The Balaban J connectivity index is 1.35. The van der Waals surface area contributed by atoms with E-state index in [-0.39, 0.29) is 11.0 Å². The van der Waals surface area contributed by atoms with E-state index in [1.165, 1.54) is 0 Å². The SMILES string of the molecule is Cn1nc(C(C)(C)C)cc1Nc1ncc2cc(Cl)c(C3CCN(C4(C)COCC4O)CC3)cc2n1. The quantitative estimate of drug-likeness (QED) is 0.551. The van der Waals surface area contributed by atoms with Crippen LogP contribution in [0.4, 0.5) is 11.8 Å². The van der Waals surface area contributed by atoms with E-state index in [9.17, 15) is 5.11 Å². The molecule has 0 aliphatic carbocycles. The molecule has 1 aromatic carbocycles. The third kappa shape index (κ3) is 4.65. The maximum atomic E-state index is 10.4. The van der Waals surface area contributed by atoms with Crippen LogP contribution in [-0.2, 0) is 17.2 Å². The number of anilines is 2. The number of ether oxygens (including phenoxy) is 1. The molecule has 8 nitrogen and oxygen atoms in total. The standard InChI is InChI=1S/C26H35ClN6O2/c1-25(2,3)21-12-23(32(5)31-21)30-24-28-13-17-10-19(27)18(11-20(17)29-24)16-6-8-33(9-7-16)26(4)15-35-14-22(26)34/h10-13,16,22,34H,6-9,14-15H2,1-5H3,(H,28,29,30). The number of hydrogen-bond acceptors (Lipinski definition) is 7. The molecule has 188 valence electrons. The Hall–Kier alpha value is -2.26. The molecule has 4 heterocycles. The van der Waals surface area contributed by atoms with Crippen molar-refractivity contribution in [1.82, 2.24) is 24.6 Å². The van der Waals surface area contributed by atoms with Crippen LogP contribution in [0.1, 0.15) is 57.7 Å². The molecule has 5 rings (SSSR count). The Labute approximate surface area is 211 Å². The van der Waals surface area contributed by atoms with Crippen molar-refractivity contribution in [2.75, 3.05) is 31.6 Å². The van der Waals surface area contributed by atoms with E-state index >= 15 is 0 Å². The molecular weight excluding hydrogens is 464 g/mol. The van der Waals surface area contributed by atoms with Crippen LogP contribution in [0.2, 0.25) is 5.02 Å². The Morgan fingerprint density at radius 1 is 1.20 bits per heavy atom. The summed E-state index contributed by atoms with van der Waals surface area (Å²) in [5, 5.41) is 20.0. The number of hydrogen-bond donors (Lipinski definition) is 2. The summed E-state index contributed by atoms with van der Waals surface area (Å²) in [6.45, 7) is 11.3. The zero-order valence-corrected chi connectivity index (χ0v) is 21.9. The molecule has 2 N–H and O–H groups in total. The first-order valence-electron chi connectivity index (χ1n) is 12.3. The number of nitrogens with zero attached hydrogens (tertiary/aromatic N) is 5. The number of aliphatic hydroxyl groups excluding tert-OH is 1. The van der Waals surface area contributed by atoms with Crippen LogP contribution >= 0.6 is 11.6 Å². The average Bonchev–Trinajstić information content (AvgIpc) is 3.36. The van der Waals surface area contributed by atoms with Crippen LogP contribution in [0.5, 0.6) is 0 Å². The van der Waals surface area contributed by atoms with Crippen molar-refractivity contribution >= 4 is 34.3 Å². The van der Waals surface area contributed by atoms with Crippen LogP contribution in [0.3, 0.4) is 0 Å². The second-order valence-corrected chi connectivity index (χ2v) is 11.6. The first kappa shape index (κ1) is 24.4. The van der Waals surface area contributed by atoms with Gasteiger partial charge in [-0.2, -0.15) is 5.10 Å². The highest BCUT2D eigenvalue weighted by Crippen LogP contribution is 2.38. The number of aliphatic hydroxyl groups is 1. The summed E-state index contributed by atoms with van der Waals surface area (Å²) in [6.07, 6.45) is 3.33. The van der Waals surface area contributed by atoms with Crippen LogP contribution in [-0.4, -0.2) is 67.7 Å². The molecule has 0 saturated carbocycles. The molecule has 0 spiro atoms. The van der Waals surface area contributed by atoms with E-state index in [1.54, 1.807) is 0 Å². The maximum absolute atomic E-state index is 10.4. The zero-order valence-electron chi connectivity index (χ0n) is 21.2. The molecule has 9 heteroatoms. The zero-order chi connectivity index (χ0) is 25.0. The summed E-state index contributed by atoms with van der Waals surface area (Å²) in [4.78, 5) is 11.7. The molecule has 2 unspecified atom stereocenters. The van der Waals surface area contributed by atoms with Gasteiger partial charge in [-0.1, -0.05) is 32.4 Å². The molecule has 0 amide bonds. The topological polar surface area (TPSA) is 88.3 Å². The second kappa shape index (κ2) is 9.00. The van der Waals surface area contributed by atoms with Crippen LogP contribution in [0, 0.1) is 0 Å². The van der Waals surface area contributed by atoms with Gasteiger partial charge in [-0.25, -0.2) is 9.97 Å². The fourth-order valence-corrected chi connectivity index (χ4v) is 5.49. The minimum absolute atomic E-state index is 0.0382. The van der Waals surface area contributed by atoms with Crippen LogP contribution < -0.4 is 5.32 Å². The molecule has 0 bridgehead atoms. The highest BCUT2D eigenvalue weighted by atomic mass is 35.5. The van der Waals surface area contributed by atoms with E-state index in [2.05, 4.69) is 54.1 Å². The van der Waals surface area contributed by atoms with Gasteiger partial charge in [-0.05, 0) is 56.5 Å². The van der Waals surface area contributed by atoms with E-state index in [1.807, 2.05) is 30.1 Å². The summed E-state index contributed by atoms with van der Waals surface area (Å²) in [5.41, 5.74) is 2.67. The molecule has 0 radical (unpaired) electrons. The lowest BCUT2D eigenvalue weighted by molar-refractivity contribution is -0.00211. The van der Waals surface area contributed by atoms with Crippen molar-refractivity contribution < 1.29 is 9.84 Å². The highest BCUT2D eigenvalue weighted by molar-refractivity contribution is 6.32. The van der Waals surface area contributed by atoms with Crippen molar-refractivity contribution in [2.45, 2.75) is 63.5 Å². The minimum Gasteiger partial charge on any atom is -0.389 e. The lowest BCUT2D eigenvalue weighted by Crippen LogP contribution is -2.56. The highest BCUT2D eigenvalue weighted by Gasteiger charge is 2.45. The second-order valence-electron chi connectivity index (χ2n) is 11.2. The fourth-order valence-electron chi connectivity index (χ4n) is 5.16. The van der Waals surface area contributed by atoms with Gasteiger partial charge < -0.3 is 15.2 Å². The summed E-state index contributed by atoms with van der Waals surface area (Å²) in [7, 11) is 1.92. The predicted octanol–water partition coefficient (Wildman–Crippen LogP) is 4.39. The molecule has 2 aliphatic heterocycles. The summed E-state index contributed by atoms with van der Waals surface area (Å²) in [6, 6.07) is 6.13. The van der Waals surface area contributed by atoms with E-state index in [4.69, 9.17) is 21.3 Å². The molecule has 35 heavy (non-hydrogen) atoms. The third-order valence-electron chi connectivity index (χ3n) is 7.63. The van der Waals surface area contributed by atoms with Crippen molar-refractivity contribution in [2.24, 2.45) is 7.05 Å². The summed E-state index contributed by atoms with van der Waals surface area (Å²) >= 11 is 6.73. The molecule has 2 atom stereocenters. The molecule has 3 aromatic rings. The number of likely N-dealkylation sites (tertiary alicyclic amines) is 1.